The van der Waals surface area contributed by atoms with Gasteiger partial charge in [0.15, 0.2) is 0 Å². The van der Waals surface area contributed by atoms with Crippen LogP contribution in [0.2, 0.25) is 0 Å². The number of hydrogen-bond acceptors (Lipinski definition) is 3. The first-order chi connectivity index (χ1) is 8.72. The maximum atomic E-state index is 12.5. The monoisotopic (exact) mass is 247 g/mol. The van der Waals surface area contributed by atoms with Crippen LogP contribution in [-0.2, 0) is 0 Å². The van der Waals surface area contributed by atoms with Crippen LogP contribution in [0.5, 0.6) is 0 Å². The van der Waals surface area contributed by atoms with Gasteiger partial charge in [-0.25, -0.2) is 0 Å². The van der Waals surface area contributed by atoms with Gasteiger partial charge in [0.25, 0.3) is 5.91 Å². The van der Waals surface area contributed by atoms with Crippen molar-refractivity contribution in [3.63, 3.8) is 0 Å². The Morgan fingerprint density at radius 2 is 2.11 bits per heavy atom. The molecule has 1 aromatic rings. The van der Waals surface area contributed by atoms with Gasteiger partial charge < -0.3 is 10.3 Å². The van der Waals surface area contributed by atoms with Gasteiger partial charge in [0.2, 0.25) is 0 Å². The minimum atomic E-state index is 0.0812. The van der Waals surface area contributed by atoms with Crippen LogP contribution in [0.1, 0.15) is 36.5 Å². The summed E-state index contributed by atoms with van der Waals surface area (Å²) >= 11 is 0. The molecule has 0 bridgehead atoms. The second-order valence-electron chi connectivity index (χ2n) is 5.02. The summed E-state index contributed by atoms with van der Waals surface area (Å²) in [4.78, 5) is 14.4. The van der Waals surface area contributed by atoms with E-state index in [0.717, 1.165) is 25.9 Å². The van der Waals surface area contributed by atoms with Crippen molar-refractivity contribution in [3.05, 3.63) is 29.8 Å². The predicted molar refractivity (Wildman–Crippen MR) is 73.2 cm³/mol. The number of nitrogens with one attached hydrogen (secondary N) is 1. The van der Waals surface area contributed by atoms with Crippen molar-refractivity contribution < 1.29 is 4.79 Å². The lowest BCUT2D eigenvalue weighted by molar-refractivity contribution is 0.0761. The molecule has 1 atom stereocenters. The Labute approximate surface area is 108 Å². The van der Waals surface area contributed by atoms with Gasteiger partial charge >= 0.3 is 0 Å². The summed E-state index contributed by atoms with van der Waals surface area (Å²) in [5.41, 5.74) is 3.95. The molecule has 1 heterocycles. The second-order valence-corrected chi connectivity index (χ2v) is 5.02. The smallest absolute Gasteiger partial charge is 0.256 e. The first-order valence-corrected chi connectivity index (χ1v) is 6.57. The van der Waals surface area contributed by atoms with Crippen molar-refractivity contribution in [3.8, 4) is 0 Å². The fourth-order valence-corrected chi connectivity index (χ4v) is 2.43. The number of nitrogen functional groups attached to an aromatic ring is 1. The molecule has 4 nitrogen and oxygen atoms in total. The molecule has 1 saturated heterocycles. The number of carbonyl (C=O) groups excluding carboxylic acids is 1. The lowest BCUT2D eigenvalue weighted by Crippen LogP contribution is -2.32. The number of rotatable bonds is 2. The molecule has 4 heteroatoms. The summed E-state index contributed by atoms with van der Waals surface area (Å²) in [5.74, 6) is 6.24. The van der Waals surface area contributed by atoms with E-state index in [2.05, 4.69) is 12.3 Å². The molecule has 1 unspecified atom stereocenters. The van der Waals surface area contributed by atoms with Crippen LogP contribution in [0.4, 0.5) is 5.69 Å². The molecule has 0 aromatic heterocycles. The zero-order valence-corrected chi connectivity index (χ0v) is 10.9. The molecular formula is C14H21N3O. The Morgan fingerprint density at radius 3 is 2.89 bits per heavy atom. The van der Waals surface area contributed by atoms with Gasteiger partial charge in [-0.15, -0.1) is 0 Å². The van der Waals surface area contributed by atoms with Crippen LogP contribution in [-0.4, -0.2) is 23.9 Å². The number of hydrogen-bond donors (Lipinski definition) is 2. The van der Waals surface area contributed by atoms with E-state index in [1.54, 1.807) is 0 Å². The highest BCUT2D eigenvalue weighted by Gasteiger charge is 2.21. The van der Waals surface area contributed by atoms with Gasteiger partial charge in [-0.2, -0.15) is 0 Å². The molecule has 1 aliphatic rings. The number of anilines is 1. The average molecular weight is 247 g/mol. The van der Waals surface area contributed by atoms with Gasteiger partial charge in [0.05, 0.1) is 11.3 Å². The van der Waals surface area contributed by atoms with E-state index in [0.29, 0.717) is 17.2 Å². The Kier molecular flexibility index (Phi) is 4.20. The topological polar surface area (TPSA) is 58.4 Å². The molecule has 0 radical (unpaired) electrons. The summed E-state index contributed by atoms with van der Waals surface area (Å²) in [7, 11) is 0. The van der Waals surface area contributed by atoms with Gasteiger partial charge in [-0.3, -0.25) is 10.6 Å². The standard InChI is InChI=1S/C14H21N3O/c1-11-5-4-9-17(10-8-11)14(18)12-6-2-3-7-13(12)16-15/h2-3,6-7,11,16H,4-5,8-10,15H2,1H3. The molecule has 0 aliphatic carbocycles. The minimum Gasteiger partial charge on any atom is -0.339 e. The molecule has 2 rings (SSSR count). The third-order valence-corrected chi connectivity index (χ3v) is 3.62. The number of nitrogens with zero attached hydrogens (tertiary/aromatic N) is 1. The minimum absolute atomic E-state index is 0.0812. The average Bonchev–Trinajstić information content (AvgIpc) is 2.62. The largest absolute Gasteiger partial charge is 0.339 e. The van der Waals surface area contributed by atoms with E-state index in [9.17, 15) is 4.79 Å². The zero-order valence-electron chi connectivity index (χ0n) is 10.9. The Morgan fingerprint density at radius 1 is 1.33 bits per heavy atom. The quantitative estimate of drug-likeness (QED) is 0.622. The van der Waals surface area contributed by atoms with Gasteiger partial charge in [-0.1, -0.05) is 19.1 Å². The van der Waals surface area contributed by atoms with E-state index in [4.69, 9.17) is 5.84 Å². The third kappa shape index (κ3) is 2.82. The van der Waals surface area contributed by atoms with Crippen molar-refractivity contribution in [1.82, 2.24) is 4.90 Å². The molecule has 1 amide bonds. The van der Waals surface area contributed by atoms with Crippen LogP contribution in [0.3, 0.4) is 0 Å². The van der Waals surface area contributed by atoms with E-state index < -0.39 is 0 Å². The Balaban J connectivity index is 2.15. The fraction of sp³-hybridized carbons (Fsp3) is 0.500. The normalized spacial score (nSPS) is 20.3. The second kappa shape index (κ2) is 5.87. The molecule has 3 N–H and O–H groups in total. The summed E-state index contributed by atoms with van der Waals surface area (Å²) in [6.07, 6.45) is 3.38. The van der Waals surface area contributed by atoms with Gasteiger partial charge in [0.1, 0.15) is 0 Å². The molecule has 1 aromatic carbocycles. The van der Waals surface area contributed by atoms with Crippen molar-refractivity contribution in [2.45, 2.75) is 26.2 Å². The number of nitrogens with two attached hydrogens (primary N) is 1. The van der Waals surface area contributed by atoms with E-state index in [-0.39, 0.29) is 5.91 Å². The van der Waals surface area contributed by atoms with Gasteiger partial charge in [-0.05, 0) is 37.3 Å². The highest BCUT2D eigenvalue weighted by atomic mass is 16.2. The molecule has 0 spiro atoms. The number of carbonyl (C=O) groups is 1. The summed E-state index contributed by atoms with van der Waals surface area (Å²) in [5, 5.41) is 0. The molecule has 0 saturated carbocycles. The number of benzene rings is 1. The number of likely N-dealkylation sites (tertiary alicyclic amines) is 1. The summed E-state index contributed by atoms with van der Waals surface area (Å²) in [6, 6.07) is 7.39. The van der Waals surface area contributed by atoms with Crippen LogP contribution < -0.4 is 11.3 Å². The van der Waals surface area contributed by atoms with Crippen molar-refractivity contribution in [1.29, 1.82) is 0 Å². The number of para-hydroxylation sites is 1. The fourth-order valence-electron chi connectivity index (χ4n) is 2.43. The van der Waals surface area contributed by atoms with E-state index in [1.807, 2.05) is 29.2 Å². The van der Waals surface area contributed by atoms with Crippen LogP contribution in [0.25, 0.3) is 0 Å². The van der Waals surface area contributed by atoms with Crippen molar-refractivity contribution >= 4 is 11.6 Å². The van der Waals surface area contributed by atoms with Crippen molar-refractivity contribution in [2.75, 3.05) is 18.5 Å². The van der Waals surface area contributed by atoms with Crippen LogP contribution in [0, 0.1) is 5.92 Å². The number of amides is 1. The maximum Gasteiger partial charge on any atom is 0.256 e. The van der Waals surface area contributed by atoms with Gasteiger partial charge in [0, 0.05) is 13.1 Å². The third-order valence-electron chi connectivity index (χ3n) is 3.62. The maximum absolute atomic E-state index is 12.5. The van der Waals surface area contributed by atoms with E-state index >= 15 is 0 Å². The molecular weight excluding hydrogens is 226 g/mol. The zero-order chi connectivity index (χ0) is 13.0. The molecule has 18 heavy (non-hydrogen) atoms. The van der Waals surface area contributed by atoms with E-state index in [1.165, 1.54) is 6.42 Å². The Bertz CT molecular complexity index is 419. The van der Waals surface area contributed by atoms with Crippen molar-refractivity contribution in [2.24, 2.45) is 11.8 Å². The highest BCUT2D eigenvalue weighted by Crippen LogP contribution is 2.21. The SMILES string of the molecule is CC1CCCN(C(=O)c2ccccc2NN)CC1. The predicted octanol–water partition coefficient (Wildman–Crippen LogP) is 2.23. The number of hydrazine groups is 1. The lowest BCUT2D eigenvalue weighted by Gasteiger charge is -2.21. The molecule has 98 valence electrons. The first-order valence-electron chi connectivity index (χ1n) is 6.57. The summed E-state index contributed by atoms with van der Waals surface area (Å²) < 4.78 is 0. The lowest BCUT2D eigenvalue weighted by atomic mass is 10.0. The molecule has 1 fully saturated rings. The van der Waals surface area contributed by atoms with Crippen LogP contribution in [0.15, 0.2) is 24.3 Å². The molecule has 1 aliphatic heterocycles. The highest BCUT2D eigenvalue weighted by molar-refractivity contribution is 5.99. The van der Waals surface area contributed by atoms with Crippen LogP contribution >= 0.6 is 0 Å². The first kappa shape index (κ1) is 12.9. The Hall–Kier alpha value is -1.55. The summed E-state index contributed by atoms with van der Waals surface area (Å²) in [6.45, 7) is 3.95.